The fraction of sp³-hybridized carbons (Fsp3) is 0.0476. The van der Waals surface area contributed by atoms with E-state index < -0.39 is 10.8 Å². The molecule has 0 aliphatic heterocycles. The van der Waals surface area contributed by atoms with Crippen LogP contribution in [0.5, 0.6) is 0 Å². The van der Waals surface area contributed by atoms with E-state index in [4.69, 9.17) is 11.6 Å². The second-order valence-corrected chi connectivity index (χ2v) is 6.57. The molecule has 29 heavy (non-hydrogen) atoms. The molecule has 0 saturated heterocycles. The second kappa shape index (κ2) is 8.99. The van der Waals surface area contributed by atoms with E-state index in [2.05, 4.69) is 10.6 Å². The number of rotatable bonds is 6. The maximum atomic E-state index is 12.4. The molecule has 2 N–H and O–H groups in total. The Morgan fingerprint density at radius 3 is 2.24 bits per heavy atom. The molecule has 0 unspecified atom stereocenters. The van der Waals surface area contributed by atoms with Gasteiger partial charge in [0.2, 0.25) is 5.91 Å². The Morgan fingerprint density at radius 2 is 1.62 bits per heavy atom. The number of amides is 2. The topological polar surface area (TPSA) is 101 Å². The lowest BCUT2D eigenvalue weighted by molar-refractivity contribution is -0.384. The van der Waals surface area contributed by atoms with Crippen LogP contribution >= 0.6 is 11.6 Å². The van der Waals surface area contributed by atoms with E-state index in [0.717, 1.165) is 5.56 Å². The summed E-state index contributed by atoms with van der Waals surface area (Å²) < 4.78 is 0. The Morgan fingerprint density at radius 1 is 0.931 bits per heavy atom. The van der Waals surface area contributed by atoms with E-state index in [0.29, 0.717) is 11.3 Å². The average molecular weight is 410 g/mol. The lowest BCUT2D eigenvalue weighted by atomic mass is 10.1. The first-order valence-corrected chi connectivity index (χ1v) is 8.99. The highest BCUT2D eigenvalue weighted by molar-refractivity contribution is 6.34. The number of nitrogens with zero attached hydrogens (tertiary/aromatic N) is 1. The van der Waals surface area contributed by atoms with Crippen molar-refractivity contribution < 1.29 is 14.5 Å². The molecule has 146 valence electrons. The molecule has 7 nitrogen and oxygen atoms in total. The van der Waals surface area contributed by atoms with E-state index >= 15 is 0 Å². The first kappa shape index (κ1) is 20.0. The van der Waals surface area contributed by atoms with Gasteiger partial charge in [0, 0.05) is 23.4 Å². The van der Waals surface area contributed by atoms with Crippen LogP contribution in [0.3, 0.4) is 0 Å². The highest BCUT2D eigenvalue weighted by atomic mass is 35.5. The van der Waals surface area contributed by atoms with Gasteiger partial charge in [-0.1, -0.05) is 41.9 Å². The molecule has 0 aromatic heterocycles. The van der Waals surface area contributed by atoms with Crippen molar-refractivity contribution in [2.45, 2.75) is 6.42 Å². The van der Waals surface area contributed by atoms with Gasteiger partial charge >= 0.3 is 0 Å². The Bertz CT molecular complexity index is 1050. The molecule has 0 heterocycles. The molecule has 2 amide bonds. The molecule has 0 atom stereocenters. The molecule has 0 saturated carbocycles. The number of hydrogen-bond donors (Lipinski definition) is 2. The molecular formula is C21H16ClN3O4. The number of nitro groups is 1. The normalized spacial score (nSPS) is 10.2. The maximum absolute atomic E-state index is 12.4. The smallest absolute Gasteiger partial charge is 0.271 e. The Kier molecular flexibility index (Phi) is 6.21. The fourth-order valence-corrected chi connectivity index (χ4v) is 2.83. The molecule has 0 bridgehead atoms. The summed E-state index contributed by atoms with van der Waals surface area (Å²) in [6.45, 7) is 0. The number of non-ortho nitro benzene ring substituents is 1. The Labute approximate surface area is 171 Å². The summed E-state index contributed by atoms with van der Waals surface area (Å²) in [5, 5.41) is 16.2. The van der Waals surface area contributed by atoms with Gasteiger partial charge in [-0.25, -0.2) is 0 Å². The SMILES string of the molecule is O=C(Cc1ccccc1)Nc1ccc(C(=O)Nc2ccc([N+](=O)[O-])cc2Cl)cc1. The van der Waals surface area contributed by atoms with Crippen LogP contribution in [0.2, 0.25) is 5.02 Å². The van der Waals surface area contributed by atoms with Gasteiger partial charge < -0.3 is 10.6 Å². The summed E-state index contributed by atoms with van der Waals surface area (Å²) >= 11 is 5.99. The summed E-state index contributed by atoms with van der Waals surface area (Å²) in [6, 6.07) is 19.5. The van der Waals surface area contributed by atoms with E-state index in [9.17, 15) is 19.7 Å². The van der Waals surface area contributed by atoms with Crippen LogP contribution in [0.1, 0.15) is 15.9 Å². The van der Waals surface area contributed by atoms with Crippen molar-refractivity contribution in [1.82, 2.24) is 0 Å². The van der Waals surface area contributed by atoms with Crippen molar-refractivity contribution in [1.29, 1.82) is 0 Å². The first-order valence-electron chi connectivity index (χ1n) is 8.61. The predicted molar refractivity (Wildman–Crippen MR) is 111 cm³/mol. The van der Waals surface area contributed by atoms with Gasteiger partial charge in [0.25, 0.3) is 11.6 Å². The number of benzene rings is 3. The number of hydrogen-bond acceptors (Lipinski definition) is 4. The highest BCUT2D eigenvalue weighted by Crippen LogP contribution is 2.27. The molecule has 0 fully saturated rings. The van der Waals surface area contributed by atoms with Gasteiger partial charge in [-0.15, -0.1) is 0 Å². The first-order chi connectivity index (χ1) is 13.9. The van der Waals surface area contributed by atoms with E-state index in [-0.39, 0.29) is 28.7 Å². The van der Waals surface area contributed by atoms with Gasteiger partial charge in [-0.05, 0) is 35.9 Å². The van der Waals surface area contributed by atoms with Crippen molar-refractivity contribution >= 4 is 40.5 Å². The molecule has 0 radical (unpaired) electrons. The van der Waals surface area contributed by atoms with E-state index in [1.807, 2.05) is 30.3 Å². The number of carbonyl (C=O) groups is 2. The summed E-state index contributed by atoms with van der Waals surface area (Å²) in [7, 11) is 0. The molecule has 0 spiro atoms. The molecule has 3 rings (SSSR count). The minimum absolute atomic E-state index is 0.0670. The predicted octanol–water partition coefficient (Wildman–Crippen LogP) is 4.68. The summed E-state index contributed by atoms with van der Waals surface area (Å²) in [6.07, 6.45) is 0.252. The molecule has 0 aliphatic carbocycles. The Balaban J connectivity index is 1.61. The molecular weight excluding hydrogens is 394 g/mol. The average Bonchev–Trinajstić information content (AvgIpc) is 2.70. The second-order valence-electron chi connectivity index (χ2n) is 6.16. The van der Waals surface area contributed by atoms with E-state index in [1.54, 1.807) is 24.3 Å². The summed E-state index contributed by atoms with van der Waals surface area (Å²) in [5.41, 5.74) is 1.92. The van der Waals surface area contributed by atoms with Crippen LogP contribution in [-0.2, 0) is 11.2 Å². The van der Waals surface area contributed by atoms with Gasteiger partial charge in [0.1, 0.15) is 0 Å². The van der Waals surface area contributed by atoms with Crippen molar-refractivity contribution in [2.75, 3.05) is 10.6 Å². The zero-order valence-electron chi connectivity index (χ0n) is 15.1. The maximum Gasteiger partial charge on any atom is 0.271 e. The zero-order valence-corrected chi connectivity index (χ0v) is 15.8. The van der Waals surface area contributed by atoms with E-state index in [1.165, 1.54) is 18.2 Å². The van der Waals surface area contributed by atoms with Gasteiger partial charge in [0.05, 0.1) is 22.1 Å². The van der Waals surface area contributed by atoms with Gasteiger partial charge in [0.15, 0.2) is 0 Å². The van der Waals surface area contributed by atoms with Gasteiger partial charge in [-0.3, -0.25) is 19.7 Å². The fourth-order valence-electron chi connectivity index (χ4n) is 2.60. The standard InChI is InChI=1S/C21H16ClN3O4/c22-18-13-17(25(28)29)10-11-19(18)24-21(27)15-6-8-16(9-7-15)23-20(26)12-14-4-2-1-3-5-14/h1-11,13H,12H2,(H,23,26)(H,24,27). The van der Waals surface area contributed by atoms with Crippen molar-refractivity contribution in [3.63, 3.8) is 0 Å². The largest absolute Gasteiger partial charge is 0.326 e. The lowest BCUT2D eigenvalue weighted by Gasteiger charge is -2.09. The van der Waals surface area contributed by atoms with Crippen LogP contribution in [0.15, 0.2) is 72.8 Å². The molecule has 0 aliphatic rings. The minimum atomic E-state index is -0.567. The number of nitro benzene ring substituents is 1. The number of nitrogens with one attached hydrogen (secondary N) is 2. The summed E-state index contributed by atoms with van der Waals surface area (Å²) in [5.74, 6) is -0.589. The van der Waals surface area contributed by atoms with Crippen LogP contribution in [-0.4, -0.2) is 16.7 Å². The lowest BCUT2D eigenvalue weighted by Crippen LogP contribution is -2.15. The van der Waals surface area contributed by atoms with Gasteiger partial charge in [-0.2, -0.15) is 0 Å². The van der Waals surface area contributed by atoms with Crippen LogP contribution in [0, 0.1) is 10.1 Å². The van der Waals surface area contributed by atoms with Crippen LogP contribution in [0.25, 0.3) is 0 Å². The Hall–Kier alpha value is -3.71. The third-order valence-electron chi connectivity index (χ3n) is 4.05. The third-order valence-corrected chi connectivity index (χ3v) is 4.36. The molecule has 8 heteroatoms. The number of anilines is 2. The number of halogens is 1. The van der Waals surface area contributed by atoms with Crippen LogP contribution < -0.4 is 10.6 Å². The zero-order chi connectivity index (χ0) is 20.8. The molecule has 3 aromatic rings. The third kappa shape index (κ3) is 5.40. The minimum Gasteiger partial charge on any atom is -0.326 e. The monoisotopic (exact) mass is 409 g/mol. The highest BCUT2D eigenvalue weighted by Gasteiger charge is 2.13. The quantitative estimate of drug-likeness (QED) is 0.455. The van der Waals surface area contributed by atoms with Crippen molar-refractivity contribution in [2.24, 2.45) is 0 Å². The number of carbonyl (C=O) groups excluding carboxylic acids is 2. The summed E-state index contributed by atoms with van der Waals surface area (Å²) in [4.78, 5) is 34.7. The van der Waals surface area contributed by atoms with Crippen molar-refractivity contribution in [3.05, 3.63) is 99.1 Å². The van der Waals surface area contributed by atoms with Crippen molar-refractivity contribution in [3.8, 4) is 0 Å². The van der Waals surface area contributed by atoms with Crippen LogP contribution in [0.4, 0.5) is 17.1 Å². The molecule has 3 aromatic carbocycles.